The fourth-order valence-corrected chi connectivity index (χ4v) is 2.68. The third-order valence-corrected chi connectivity index (χ3v) is 4.41. The van der Waals surface area contributed by atoms with Crippen molar-refractivity contribution in [3.8, 4) is 0 Å². The molecule has 4 aliphatic rings. The molecule has 4 fully saturated rings. The molecule has 0 aromatic heterocycles. The zero-order valence-electron chi connectivity index (χ0n) is 13.4. The first-order valence-corrected chi connectivity index (χ1v) is 8.51. The van der Waals surface area contributed by atoms with Gasteiger partial charge in [0.25, 0.3) is 0 Å². The van der Waals surface area contributed by atoms with Gasteiger partial charge in [-0.1, -0.05) is 0 Å². The molecule has 0 saturated carbocycles. The zero-order chi connectivity index (χ0) is 15.5. The van der Waals surface area contributed by atoms with Crippen molar-refractivity contribution < 1.29 is 33.2 Å². The molecular formula is C16H26O7. The standard InChI is InChI=1S/C16H26O7/c1(12-5-20-12)16(9-17-2-13-6-21-13,10-18-3-14-7-22-14)11-19-4-15-8-23-15/h12-15H,1-11H2. The Morgan fingerprint density at radius 3 is 1.26 bits per heavy atom. The number of hydrogen-bond acceptors (Lipinski definition) is 7. The molecule has 0 bridgehead atoms. The predicted octanol–water partition coefficient (Wildman–Crippen LogP) is 0.00790. The summed E-state index contributed by atoms with van der Waals surface area (Å²) in [7, 11) is 0. The molecule has 4 aliphatic heterocycles. The topological polar surface area (TPSA) is 77.8 Å². The van der Waals surface area contributed by atoms with Crippen molar-refractivity contribution >= 4 is 0 Å². The first-order valence-electron chi connectivity index (χ1n) is 8.51. The smallest absolute Gasteiger partial charge is 0.104 e. The average Bonchev–Trinajstić information content (AvgIpc) is 3.29. The molecule has 7 heteroatoms. The van der Waals surface area contributed by atoms with Crippen molar-refractivity contribution in [2.24, 2.45) is 5.41 Å². The van der Waals surface area contributed by atoms with Gasteiger partial charge in [0.2, 0.25) is 0 Å². The van der Waals surface area contributed by atoms with Gasteiger partial charge >= 0.3 is 0 Å². The van der Waals surface area contributed by atoms with E-state index >= 15 is 0 Å². The highest BCUT2D eigenvalue weighted by molar-refractivity contribution is 4.88. The number of ether oxygens (including phenoxy) is 7. The van der Waals surface area contributed by atoms with Crippen LogP contribution in [0.2, 0.25) is 0 Å². The summed E-state index contributed by atoms with van der Waals surface area (Å²) < 4.78 is 38.8. The quantitative estimate of drug-likeness (QED) is 0.415. The molecule has 132 valence electrons. The van der Waals surface area contributed by atoms with Gasteiger partial charge in [-0.15, -0.1) is 0 Å². The molecule has 0 N–H and O–H groups in total. The van der Waals surface area contributed by atoms with Crippen molar-refractivity contribution in [2.45, 2.75) is 30.8 Å². The van der Waals surface area contributed by atoms with Crippen molar-refractivity contribution in [3.05, 3.63) is 0 Å². The minimum atomic E-state index is -0.181. The van der Waals surface area contributed by atoms with Gasteiger partial charge in [-0.25, -0.2) is 0 Å². The Morgan fingerprint density at radius 1 is 0.609 bits per heavy atom. The van der Waals surface area contributed by atoms with E-state index in [0.717, 1.165) is 32.8 Å². The van der Waals surface area contributed by atoms with Gasteiger partial charge in [0, 0.05) is 5.41 Å². The van der Waals surface area contributed by atoms with Crippen molar-refractivity contribution in [1.82, 2.24) is 0 Å². The molecular weight excluding hydrogens is 304 g/mol. The summed E-state index contributed by atoms with van der Waals surface area (Å²) in [5.74, 6) is 0. The third kappa shape index (κ3) is 5.94. The van der Waals surface area contributed by atoms with Gasteiger partial charge in [-0.05, 0) is 6.42 Å². The lowest BCUT2D eigenvalue weighted by Gasteiger charge is -2.32. The summed E-state index contributed by atoms with van der Waals surface area (Å²) in [5, 5.41) is 0. The van der Waals surface area contributed by atoms with Crippen LogP contribution in [0.4, 0.5) is 0 Å². The number of epoxide rings is 4. The Hall–Kier alpha value is -0.280. The SMILES string of the molecule is C(OCC(COCC1CO1)(COCC1CO1)CC1CO1)C1CO1. The molecule has 4 heterocycles. The molecule has 4 unspecified atom stereocenters. The first kappa shape index (κ1) is 16.2. The van der Waals surface area contributed by atoms with Gasteiger partial charge in [-0.2, -0.15) is 0 Å². The van der Waals surface area contributed by atoms with Crippen molar-refractivity contribution in [2.75, 3.05) is 66.1 Å². The van der Waals surface area contributed by atoms with E-state index in [4.69, 9.17) is 33.2 Å². The number of rotatable bonds is 14. The monoisotopic (exact) mass is 330 g/mol. The van der Waals surface area contributed by atoms with Gasteiger partial charge in [0.15, 0.2) is 0 Å². The minimum absolute atomic E-state index is 0.181. The molecule has 4 atom stereocenters. The lowest BCUT2D eigenvalue weighted by Crippen LogP contribution is -2.40. The normalized spacial score (nSPS) is 36.5. The Kier molecular flexibility index (Phi) is 5.15. The van der Waals surface area contributed by atoms with Crippen LogP contribution >= 0.6 is 0 Å². The predicted molar refractivity (Wildman–Crippen MR) is 78.5 cm³/mol. The maximum absolute atomic E-state index is 5.90. The van der Waals surface area contributed by atoms with E-state index in [9.17, 15) is 0 Å². The van der Waals surface area contributed by atoms with Gasteiger partial charge < -0.3 is 33.2 Å². The Bertz CT molecular complexity index is 329. The van der Waals surface area contributed by atoms with E-state index in [0.29, 0.717) is 45.7 Å². The van der Waals surface area contributed by atoms with Crippen molar-refractivity contribution in [3.63, 3.8) is 0 Å². The molecule has 0 aromatic rings. The lowest BCUT2D eigenvalue weighted by atomic mass is 9.85. The fraction of sp³-hybridized carbons (Fsp3) is 1.00. The first-order chi connectivity index (χ1) is 11.3. The Balaban J connectivity index is 1.28. The lowest BCUT2D eigenvalue weighted by molar-refractivity contribution is -0.0809. The molecule has 0 amide bonds. The third-order valence-electron chi connectivity index (χ3n) is 4.41. The molecule has 7 nitrogen and oxygen atoms in total. The summed E-state index contributed by atoms with van der Waals surface area (Å²) in [6, 6.07) is 0. The van der Waals surface area contributed by atoms with Crippen LogP contribution in [0.5, 0.6) is 0 Å². The maximum Gasteiger partial charge on any atom is 0.104 e. The fourth-order valence-electron chi connectivity index (χ4n) is 2.68. The highest BCUT2D eigenvalue weighted by Crippen LogP contribution is 2.32. The summed E-state index contributed by atoms with van der Waals surface area (Å²) in [6.07, 6.45) is 2.01. The molecule has 0 radical (unpaired) electrons. The second-order valence-electron chi connectivity index (χ2n) is 7.07. The van der Waals surface area contributed by atoms with Gasteiger partial charge in [-0.3, -0.25) is 0 Å². The zero-order valence-corrected chi connectivity index (χ0v) is 13.4. The minimum Gasteiger partial charge on any atom is -0.378 e. The van der Waals surface area contributed by atoms with Crippen LogP contribution in [0.1, 0.15) is 6.42 Å². The second kappa shape index (κ2) is 7.31. The van der Waals surface area contributed by atoms with Crippen LogP contribution in [-0.2, 0) is 33.2 Å². The number of hydrogen-bond donors (Lipinski definition) is 0. The molecule has 0 aliphatic carbocycles. The van der Waals surface area contributed by atoms with E-state index in [1.165, 1.54) is 0 Å². The van der Waals surface area contributed by atoms with Crippen LogP contribution in [-0.4, -0.2) is 90.5 Å². The maximum atomic E-state index is 5.90. The van der Waals surface area contributed by atoms with Crippen LogP contribution in [0, 0.1) is 5.41 Å². The molecule has 0 aromatic carbocycles. The molecule has 4 saturated heterocycles. The van der Waals surface area contributed by atoms with Gasteiger partial charge in [0.05, 0.1) is 72.2 Å². The van der Waals surface area contributed by atoms with Crippen molar-refractivity contribution in [1.29, 1.82) is 0 Å². The molecule has 0 spiro atoms. The van der Waals surface area contributed by atoms with E-state index in [1.54, 1.807) is 0 Å². The summed E-state index contributed by atoms with van der Waals surface area (Å²) in [6.45, 7) is 6.99. The van der Waals surface area contributed by atoms with Gasteiger partial charge in [0.1, 0.15) is 18.3 Å². The van der Waals surface area contributed by atoms with Crippen LogP contribution in [0.25, 0.3) is 0 Å². The van der Waals surface area contributed by atoms with Crippen LogP contribution in [0.15, 0.2) is 0 Å². The summed E-state index contributed by atoms with van der Waals surface area (Å²) in [5.41, 5.74) is -0.181. The van der Waals surface area contributed by atoms with Crippen LogP contribution in [0.3, 0.4) is 0 Å². The van der Waals surface area contributed by atoms with E-state index in [-0.39, 0.29) is 23.7 Å². The average molecular weight is 330 g/mol. The van der Waals surface area contributed by atoms with Crippen LogP contribution < -0.4 is 0 Å². The molecule has 4 rings (SSSR count). The Labute approximate surface area is 136 Å². The second-order valence-corrected chi connectivity index (χ2v) is 7.07. The van der Waals surface area contributed by atoms with E-state index in [2.05, 4.69) is 0 Å². The van der Waals surface area contributed by atoms with E-state index in [1.807, 2.05) is 0 Å². The largest absolute Gasteiger partial charge is 0.378 e. The Morgan fingerprint density at radius 2 is 0.957 bits per heavy atom. The van der Waals surface area contributed by atoms with E-state index < -0.39 is 0 Å². The summed E-state index contributed by atoms with van der Waals surface area (Å²) >= 11 is 0. The molecule has 23 heavy (non-hydrogen) atoms. The highest BCUT2D eigenvalue weighted by atomic mass is 16.6. The highest BCUT2D eigenvalue weighted by Gasteiger charge is 2.40. The summed E-state index contributed by atoms with van der Waals surface area (Å²) in [4.78, 5) is 0.